The Labute approximate surface area is 134 Å². The van der Waals surface area contributed by atoms with Crippen LogP contribution >= 0.6 is 24.8 Å². The van der Waals surface area contributed by atoms with Crippen molar-refractivity contribution in [2.24, 2.45) is 5.92 Å². The van der Waals surface area contributed by atoms with Gasteiger partial charge in [-0.2, -0.15) is 0 Å². The minimum Gasteiger partial charge on any atom is -0.314 e. The molecule has 1 aliphatic carbocycles. The molecule has 0 radical (unpaired) electrons. The van der Waals surface area contributed by atoms with Crippen molar-refractivity contribution in [3.05, 3.63) is 30.1 Å². The first kappa shape index (κ1) is 17.7. The quantitative estimate of drug-likeness (QED) is 0.928. The molecule has 2 aliphatic rings. The van der Waals surface area contributed by atoms with Gasteiger partial charge in [0.15, 0.2) is 0 Å². The van der Waals surface area contributed by atoms with E-state index >= 15 is 0 Å². The van der Waals surface area contributed by atoms with Crippen molar-refractivity contribution in [2.45, 2.75) is 31.7 Å². The molecule has 3 rings (SSSR count). The van der Waals surface area contributed by atoms with Crippen LogP contribution in [0.5, 0.6) is 0 Å². The zero-order valence-electron chi connectivity index (χ0n) is 11.8. The Morgan fingerprint density at radius 3 is 2.25 bits per heavy atom. The van der Waals surface area contributed by atoms with Crippen LogP contribution in [-0.2, 0) is 0 Å². The fourth-order valence-electron chi connectivity index (χ4n) is 3.58. The Kier molecular flexibility index (Phi) is 7.82. The molecule has 20 heavy (non-hydrogen) atoms. The van der Waals surface area contributed by atoms with Crippen LogP contribution in [0.25, 0.3) is 0 Å². The van der Waals surface area contributed by atoms with Gasteiger partial charge >= 0.3 is 0 Å². The second-order valence-electron chi connectivity index (χ2n) is 5.56. The predicted octanol–water partition coefficient (Wildman–Crippen LogP) is 3.06. The molecule has 1 aromatic rings. The Morgan fingerprint density at radius 2 is 1.65 bits per heavy atom. The average molecular weight is 318 g/mol. The number of rotatable bonds is 3. The topological polar surface area (TPSA) is 28.2 Å². The molecule has 1 aromatic heterocycles. The van der Waals surface area contributed by atoms with Crippen LogP contribution in [0.3, 0.4) is 0 Å². The van der Waals surface area contributed by atoms with E-state index in [1.54, 1.807) is 0 Å². The molecule has 1 saturated carbocycles. The molecule has 0 spiro atoms. The number of hydrogen-bond donors (Lipinski definition) is 1. The molecule has 0 bridgehead atoms. The standard InChI is InChI=1S/C15H23N3.2ClH/c1-2-4-13(3-1)15(14-5-7-16-8-6-14)18-11-9-17-10-12-18;;/h5-8,13,15,17H,1-4,9-12H2;2*1H/t15-;;/m0../s1. The molecule has 3 nitrogen and oxygen atoms in total. The molecular formula is C15H25Cl2N3. The van der Waals surface area contributed by atoms with Gasteiger partial charge in [0.2, 0.25) is 0 Å². The normalized spacial score (nSPS) is 21.8. The van der Waals surface area contributed by atoms with E-state index in [-0.39, 0.29) is 24.8 Å². The molecule has 1 N–H and O–H groups in total. The van der Waals surface area contributed by atoms with Gasteiger partial charge in [0.05, 0.1) is 0 Å². The van der Waals surface area contributed by atoms with Gasteiger partial charge in [-0.1, -0.05) is 12.8 Å². The first-order chi connectivity index (χ1) is 8.95. The number of pyridine rings is 1. The lowest BCUT2D eigenvalue weighted by Crippen LogP contribution is -2.46. The van der Waals surface area contributed by atoms with Crippen LogP contribution in [0.1, 0.15) is 37.3 Å². The molecule has 2 fully saturated rings. The monoisotopic (exact) mass is 317 g/mol. The smallest absolute Gasteiger partial charge is 0.0378 e. The highest BCUT2D eigenvalue weighted by atomic mass is 35.5. The maximum atomic E-state index is 4.17. The van der Waals surface area contributed by atoms with Gasteiger partial charge in [0, 0.05) is 44.6 Å². The first-order valence-electron chi connectivity index (χ1n) is 7.30. The zero-order chi connectivity index (χ0) is 12.2. The highest BCUT2D eigenvalue weighted by molar-refractivity contribution is 5.85. The van der Waals surface area contributed by atoms with E-state index in [2.05, 4.69) is 27.3 Å². The maximum Gasteiger partial charge on any atom is 0.0378 e. The first-order valence-corrected chi connectivity index (χ1v) is 7.30. The Hall–Kier alpha value is -0.350. The number of nitrogens with one attached hydrogen (secondary N) is 1. The fourth-order valence-corrected chi connectivity index (χ4v) is 3.58. The van der Waals surface area contributed by atoms with Crippen molar-refractivity contribution >= 4 is 24.8 Å². The molecule has 1 aliphatic heterocycles. The lowest BCUT2D eigenvalue weighted by Gasteiger charge is -2.38. The summed E-state index contributed by atoms with van der Waals surface area (Å²) in [6.45, 7) is 4.63. The van der Waals surface area contributed by atoms with Gasteiger partial charge in [-0.25, -0.2) is 0 Å². The lowest BCUT2D eigenvalue weighted by atomic mass is 9.90. The van der Waals surface area contributed by atoms with Crippen molar-refractivity contribution in [1.82, 2.24) is 15.2 Å². The second kappa shape index (κ2) is 8.83. The summed E-state index contributed by atoms with van der Waals surface area (Å²) >= 11 is 0. The minimum absolute atomic E-state index is 0. The SMILES string of the molecule is Cl.Cl.c1cc([C@H](C2CCCC2)N2CCNCC2)ccn1. The van der Waals surface area contributed by atoms with Crippen LogP contribution in [0, 0.1) is 5.92 Å². The number of nitrogens with zero attached hydrogens (tertiary/aromatic N) is 2. The third kappa shape index (κ3) is 4.08. The van der Waals surface area contributed by atoms with Crippen LogP contribution in [0.4, 0.5) is 0 Å². The summed E-state index contributed by atoms with van der Waals surface area (Å²) in [6, 6.07) is 5.05. The number of hydrogen-bond acceptors (Lipinski definition) is 3. The van der Waals surface area contributed by atoms with Crippen molar-refractivity contribution in [3.8, 4) is 0 Å². The van der Waals surface area contributed by atoms with E-state index < -0.39 is 0 Å². The summed E-state index contributed by atoms with van der Waals surface area (Å²) in [5, 5.41) is 3.46. The van der Waals surface area contributed by atoms with E-state index in [0.717, 1.165) is 19.0 Å². The predicted molar refractivity (Wildman–Crippen MR) is 87.9 cm³/mol. The second-order valence-corrected chi connectivity index (χ2v) is 5.56. The average Bonchev–Trinajstić information content (AvgIpc) is 2.95. The molecule has 0 aromatic carbocycles. The summed E-state index contributed by atoms with van der Waals surface area (Å²) in [4.78, 5) is 6.85. The Balaban J connectivity index is 0.000001000. The number of piperazine rings is 1. The number of aromatic nitrogens is 1. The molecule has 0 amide bonds. The third-order valence-electron chi connectivity index (χ3n) is 4.44. The summed E-state index contributed by atoms with van der Waals surface area (Å²) in [5.74, 6) is 0.852. The van der Waals surface area contributed by atoms with Crippen LogP contribution in [0.2, 0.25) is 0 Å². The molecule has 5 heteroatoms. The van der Waals surface area contributed by atoms with Gasteiger partial charge in [-0.15, -0.1) is 24.8 Å². The van der Waals surface area contributed by atoms with Crippen molar-refractivity contribution < 1.29 is 0 Å². The number of halogens is 2. The fraction of sp³-hybridized carbons (Fsp3) is 0.667. The maximum absolute atomic E-state index is 4.17. The largest absolute Gasteiger partial charge is 0.314 e. The third-order valence-corrected chi connectivity index (χ3v) is 4.44. The Bertz CT molecular complexity index is 363. The zero-order valence-corrected chi connectivity index (χ0v) is 13.5. The Morgan fingerprint density at radius 1 is 1.05 bits per heavy atom. The van der Waals surface area contributed by atoms with E-state index in [0.29, 0.717) is 6.04 Å². The highest BCUT2D eigenvalue weighted by Crippen LogP contribution is 2.39. The van der Waals surface area contributed by atoms with Crippen molar-refractivity contribution in [2.75, 3.05) is 26.2 Å². The van der Waals surface area contributed by atoms with E-state index in [1.807, 2.05) is 12.4 Å². The minimum atomic E-state index is 0. The molecule has 2 heterocycles. The summed E-state index contributed by atoms with van der Waals surface area (Å²) in [7, 11) is 0. The molecule has 0 unspecified atom stereocenters. The summed E-state index contributed by atoms with van der Waals surface area (Å²) < 4.78 is 0. The van der Waals surface area contributed by atoms with Gasteiger partial charge in [-0.3, -0.25) is 9.88 Å². The molecule has 1 atom stereocenters. The van der Waals surface area contributed by atoms with Crippen LogP contribution < -0.4 is 5.32 Å². The van der Waals surface area contributed by atoms with Crippen molar-refractivity contribution in [3.63, 3.8) is 0 Å². The molecule has 1 saturated heterocycles. The summed E-state index contributed by atoms with van der Waals surface area (Å²) in [5.41, 5.74) is 1.47. The van der Waals surface area contributed by atoms with E-state index in [4.69, 9.17) is 0 Å². The molecular weight excluding hydrogens is 293 g/mol. The highest BCUT2D eigenvalue weighted by Gasteiger charge is 2.31. The summed E-state index contributed by atoms with van der Waals surface area (Å²) in [6.07, 6.45) is 9.52. The van der Waals surface area contributed by atoms with Crippen LogP contribution in [0.15, 0.2) is 24.5 Å². The van der Waals surface area contributed by atoms with Crippen LogP contribution in [-0.4, -0.2) is 36.1 Å². The molecule has 114 valence electrons. The van der Waals surface area contributed by atoms with E-state index in [9.17, 15) is 0 Å². The van der Waals surface area contributed by atoms with Crippen molar-refractivity contribution in [1.29, 1.82) is 0 Å². The van der Waals surface area contributed by atoms with E-state index in [1.165, 1.54) is 44.3 Å². The lowest BCUT2D eigenvalue weighted by molar-refractivity contribution is 0.125. The van der Waals surface area contributed by atoms with Gasteiger partial charge in [0.1, 0.15) is 0 Å². The van der Waals surface area contributed by atoms with Gasteiger partial charge in [0.25, 0.3) is 0 Å². The van der Waals surface area contributed by atoms with Gasteiger partial charge < -0.3 is 5.32 Å². The van der Waals surface area contributed by atoms with Gasteiger partial charge in [-0.05, 0) is 36.5 Å².